The Morgan fingerprint density at radius 3 is 1.52 bits per heavy atom. The van der Waals surface area contributed by atoms with E-state index >= 15 is 0 Å². The molecule has 272 valence electrons. The van der Waals surface area contributed by atoms with Crippen LogP contribution in [-0.2, 0) is 42.6 Å². The van der Waals surface area contributed by atoms with Gasteiger partial charge in [0.05, 0.1) is 92.5 Å². The molecule has 0 aliphatic carbocycles. The van der Waals surface area contributed by atoms with E-state index in [2.05, 4.69) is 29.1 Å². The van der Waals surface area contributed by atoms with Crippen LogP contribution < -0.4 is 16.0 Å². The van der Waals surface area contributed by atoms with Crippen LogP contribution in [0.4, 0.5) is 10.5 Å². The summed E-state index contributed by atoms with van der Waals surface area (Å²) in [4.78, 5) is 12.0. The van der Waals surface area contributed by atoms with Crippen LogP contribution in [0.1, 0.15) is 12.5 Å². The number of ether oxygens (including phenoxy) is 9. The average Bonchev–Trinajstić information content (AvgIpc) is 3.08. The molecule has 1 aromatic carbocycles. The van der Waals surface area contributed by atoms with Gasteiger partial charge in [-0.1, -0.05) is 50.4 Å². The molecule has 13 nitrogen and oxygen atoms in total. The third kappa shape index (κ3) is 25.8. The van der Waals surface area contributed by atoms with Crippen LogP contribution in [0.5, 0.6) is 0 Å². The molecule has 0 bridgehead atoms. The van der Waals surface area contributed by atoms with E-state index in [4.69, 9.17) is 42.6 Å². The molecular weight excluding hydrogens is 622 g/mol. The standard InChI is InChI=1S/C35H57N3O10/c1-5-7-13-36-30-46-23-18-40-15-20-43-27-35(4,28-44-21-16-41-19-24-47-31-37-14-8-6-2)29-45-22-17-42-25-26-48-34(39)38-33-12-10-9-11-32(33)3/h5-14,36-37H,1-2,15-31H2,3-4H3,(H,38,39)/b13-7+,14-8+. The summed E-state index contributed by atoms with van der Waals surface area (Å²) in [7, 11) is 0. The Bertz CT molecular complexity index is 971. The number of para-hydroxylation sites is 1. The summed E-state index contributed by atoms with van der Waals surface area (Å²) >= 11 is 0. The summed E-state index contributed by atoms with van der Waals surface area (Å²) in [6, 6.07) is 7.49. The Balaban J connectivity index is 2.25. The Kier molecular flexibility index (Phi) is 27.6. The number of carbonyl (C=O) groups is 1. The van der Waals surface area contributed by atoms with Crippen molar-refractivity contribution in [3.8, 4) is 0 Å². The lowest BCUT2D eigenvalue weighted by Gasteiger charge is -2.29. The molecule has 3 N–H and O–H groups in total. The van der Waals surface area contributed by atoms with Gasteiger partial charge in [0.1, 0.15) is 20.1 Å². The lowest BCUT2D eigenvalue weighted by molar-refractivity contribution is -0.0823. The van der Waals surface area contributed by atoms with Crippen molar-refractivity contribution < 1.29 is 47.4 Å². The van der Waals surface area contributed by atoms with E-state index in [1.165, 1.54) is 0 Å². The minimum atomic E-state index is -0.521. The summed E-state index contributed by atoms with van der Waals surface area (Å²) in [6.45, 7) is 17.9. The minimum absolute atomic E-state index is 0.132. The predicted octanol–water partition coefficient (Wildman–Crippen LogP) is 4.18. The molecule has 0 fully saturated rings. The summed E-state index contributed by atoms with van der Waals surface area (Å²) in [5.41, 5.74) is 1.27. The molecule has 0 heterocycles. The summed E-state index contributed by atoms with van der Waals surface area (Å²) in [5, 5.41) is 8.68. The number of allylic oxidation sites excluding steroid dienone is 4. The van der Waals surface area contributed by atoms with E-state index in [1.807, 2.05) is 38.1 Å². The maximum atomic E-state index is 12.0. The van der Waals surface area contributed by atoms with Crippen LogP contribution in [-0.4, -0.2) is 119 Å². The zero-order valence-electron chi connectivity index (χ0n) is 28.8. The van der Waals surface area contributed by atoms with Crippen LogP contribution in [0.15, 0.2) is 74.1 Å². The molecule has 0 aliphatic rings. The highest BCUT2D eigenvalue weighted by Gasteiger charge is 2.26. The van der Waals surface area contributed by atoms with Crippen molar-refractivity contribution in [3.05, 3.63) is 79.7 Å². The molecule has 0 saturated heterocycles. The first kappa shape index (κ1) is 42.8. The predicted molar refractivity (Wildman–Crippen MR) is 186 cm³/mol. The van der Waals surface area contributed by atoms with E-state index in [0.29, 0.717) is 105 Å². The maximum absolute atomic E-state index is 12.0. The van der Waals surface area contributed by atoms with Gasteiger partial charge in [-0.3, -0.25) is 5.32 Å². The van der Waals surface area contributed by atoms with E-state index in [-0.39, 0.29) is 13.2 Å². The molecule has 0 spiro atoms. The number of nitrogens with one attached hydrogen (secondary N) is 3. The smallest absolute Gasteiger partial charge is 0.411 e. The van der Waals surface area contributed by atoms with E-state index in [0.717, 1.165) is 5.56 Å². The van der Waals surface area contributed by atoms with Gasteiger partial charge < -0.3 is 53.3 Å². The first-order valence-corrected chi connectivity index (χ1v) is 16.1. The second-order valence-corrected chi connectivity index (χ2v) is 10.6. The third-order valence-corrected chi connectivity index (χ3v) is 6.13. The molecule has 0 unspecified atom stereocenters. The van der Waals surface area contributed by atoms with Gasteiger partial charge in [-0.05, 0) is 43.1 Å². The van der Waals surface area contributed by atoms with E-state index < -0.39 is 11.5 Å². The first-order valence-electron chi connectivity index (χ1n) is 16.1. The number of benzene rings is 1. The highest BCUT2D eigenvalue weighted by atomic mass is 16.6. The highest BCUT2D eigenvalue weighted by molar-refractivity contribution is 5.85. The number of hydrogen-bond acceptors (Lipinski definition) is 12. The van der Waals surface area contributed by atoms with Gasteiger partial charge in [-0.2, -0.15) is 0 Å². The molecule has 1 aromatic rings. The van der Waals surface area contributed by atoms with Crippen LogP contribution in [0.25, 0.3) is 0 Å². The van der Waals surface area contributed by atoms with Crippen molar-refractivity contribution in [3.63, 3.8) is 0 Å². The molecule has 0 atom stereocenters. The second-order valence-electron chi connectivity index (χ2n) is 10.6. The quantitative estimate of drug-likeness (QED) is 0.0559. The minimum Gasteiger partial charge on any atom is -0.447 e. The number of hydrogen-bond donors (Lipinski definition) is 3. The van der Waals surface area contributed by atoms with Gasteiger partial charge in [0, 0.05) is 11.1 Å². The van der Waals surface area contributed by atoms with E-state index in [1.54, 1.807) is 36.7 Å². The van der Waals surface area contributed by atoms with Crippen LogP contribution >= 0.6 is 0 Å². The molecule has 1 amide bonds. The fourth-order valence-electron chi connectivity index (χ4n) is 3.66. The van der Waals surface area contributed by atoms with Crippen molar-refractivity contribution in [2.45, 2.75) is 13.8 Å². The van der Waals surface area contributed by atoms with Crippen LogP contribution in [0, 0.1) is 12.3 Å². The average molecular weight is 680 g/mol. The van der Waals surface area contributed by atoms with Gasteiger partial charge in [0.25, 0.3) is 0 Å². The Morgan fingerprint density at radius 2 is 1.06 bits per heavy atom. The first-order chi connectivity index (χ1) is 23.5. The fraction of sp³-hybridized carbons (Fsp3) is 0.571. The van der Waals surface area contributed by atoms with Crippen molar-refractivity contribution in [2.24, 2.45) is 5.41 Å². The number of carbonyl (C=O) groups excluding carboxylic acids is 1. The van der Waals surface area contributed by atoms with Crippen LogP contribution in [0.3, 0.4) is 0 Å². The Morgan fingerprint density at radius 1 is 0.646 bits per heavy atom. The largest absolute Gasteiger partial charge is 0.447 e. The molecular formula is C35H57N3O10. The molecule has 48 heavy (non-hydrogen) atoms. The topological polar surface area (TPSA) is 136 Å². The monoisotopic (exact) mass is 679 g/mol. The van der Waals surface area contributed by atoms with Gasteiger partial charge >= 0.3 is 6.09 Å². The molecule has 0 radical (unpaired) electrons. The van der Waals surface area contributed by atoms with Crippen molar-refractivity contribution in [2.75, 3.05) is 118 Å². The zero-order valence-corrected chi connectivity index (χ0v) is 28.8. The van der Waals surface area contributed by atoms with Gasteiger partial charge in [-0.25, -0.2) is 4.79 Å². The number of amides is 1. The lowest BCUT2D eigenvalue weighted by Crippen LogP contribution is -2.35. The third-order valence-electron chi connectivity index (χ3n) is 6.13. The SMILES string of the molecule is C=C/C=C/NCOCCOCCOCC(C)(COCCOCCOCN/C=C/C=C)COCCOCCOC(=O)Nc1ccccc1C. The molecule has 0 aromatic heterocycles. The van der Waals surface area contributed by atoms with Gasteiger partial charge in [0.15, 0.2) is 0 Å². The molecule has 0 saturated carbocycles. The van der Waals surface area contributed by atoms with Gasteiger partial charge in [-0.15, -0.1) is 0 Å². The molecule has 0 aliphatic heterocycles. The maximum Gasteiger partial charge on any atom is 0.411 e. The van der Waals surface area contributed by atoms with Crippen LogP contribution in [0.2, 0.25) is 0 Å². The van der Waals surface area contributed by atoms with Crippen molar-refractivity contribution >= 4 is 11.8 Å². The summed E-state index contributed by atoms with van der Waals surface area (Å²) in [5.74, 6) is 0. The van der Waals surface area contributed by atoms with Crippen molar-refractivity contribution in [1.29, 1.82) is 0 Å². The Hall–Kier alpha value is -3.27. The number of rotatable bonds is 33. The van der Waals surface area contributed by atoms with Crippen molar-refractivity contribution in [1.82, 2.24) is 10.6 Å². The summed E-state index contributed by atoms with van der Waals surface area (Å²) < 4.78 is 50.5. The number of anilines is 1. The lowest BCUT2D eigenvalue weighted by atomic mass is 9.94. The molecule has 13 heteroatoms. The summed E-state index contributed by atoms with van der Waals surface area (Å²) in [6.07, 6.45) is 9.95. The highest BCUT2D eigenvalue weighted by Crippen LogP contribution is 2.18. The number of aryl methyl sites for hydroxylation is 1. The van der Waals surface area contributed by atoms with E-state index in [9.17, 15) is 4.79 Å². The second kappa shape index (κ2) is 31.0. The molecule has 1 rings (SSSR count). The Labute approximate surface area is 286 Å². The normalized spacial score (nSPS) is 11.6. The fourth-order valence-corrected chi connectivity index (χ4v) is 3.66. The zero-order chi connectivity index (χ0) is 34.8. The van der Waals surface area contributed by atoms with Gasteiger partial charge in [0.2, 0.25) is 0 Å².